The van der Waals surface area contributed by atoms with E-state index in [9.17, 15) is 4.21 Å². The molecular formula is C11H14INOS. The highest BCUT2D eigenvalue weighted by molar-refractivity contribution is 14.1. The van der Waals surface area contributed by atoms with Gasteiger partial charge in [0, 0.05) is 3.57 Å². The maximum absolute atomic E-state index is 12.0. The van der Waals surface area contributed by atoms with Crippen molar-refractivity contribution in [1.29, 1.82) is 0 Å². The number of nitrogens with one attached hydrogen (secondary N) is 1. The molecule has 1 N–H and O–H groups in total. The number of anilines is 1. The van der Waals surface area contributed by atoms with Crippen molar-refractivity contribution in [2.45, 2.75) is 30.9 Å². The Morgan fingerprint density at radius 1 is 1.27 bits per heavy atom. The van der Waals surface area contributed by atoms with Gasteiger partial charge in [0.1, 0.15) is 11.0 Å². The third-order valence-electron chi connectivity index (χ3n) is 2.69. The summed E-state index contributed by atoms with van der Waals surface area (Å²) in [6.07, 6.45) is 4.65. The predicted octanol–water partition coefficient (Wildman–Crippen LogP) is 3.31. The number of benzene rings is 1. The largest absolute Gasteiger partial charge is 0.304 e. The summed E-state index contributed by atoms with van der Waals surface area (Å²) in [5, 5.41) is 0.348. The Hall–Kier alpha value is -0.100. The standard InChI is InChI=1S/C11H14INOS/c12-10-7-3-4-8-11(10)13-15(14)9-5-1-2-6-9/h3-4,7-9,13H,1-2,5-6H2. The molecule has 0 aromatic heterocycles. The zero-order chi connectivity index (χ0) is 10.7. The van der Waals surface area contributed by atoms with Crippen LogP contribution in [0, 0.1) is 3.57 Å². The first-order valence-corrected chi connectivity index (χ1v) is 7.48. The number of hydrogen-bond acceptors (Lipinski definition) is 1. The van der Waals surface area contributed by atoms with Crippen LogP contribution in [0.3, 0.4) is 0 Å². The van der Waals surface area contributed by atoms with Crippen LogP contribution in [-0.2, 0) is 11.0 Å². The first-order chi connectivity index (χ1) is 7.27. The second kappa shape index (κ2) is 5.30. The fraction of sp³-hybridized carbons (Fsp3) is 0.455. The predicted molar refractivity (Wildman–Crippen MR) is 73.2 cm³/mol. The van der Waals surface area contributed by atoms with Gasteiger partial charge in [0.2, 0.25) is 0 Å². The molecule has 0 aliphatic heterocycles. The first kappa shape index (κ1) is 11.4. The molecule has 1 aliphatic rings. The molecule has 0 radical (unpaired) electrons. The second-order valence-corrected chi connectivity index (χ2v) is 6.41. The van der Waals surface area contributed by atoms with Gasteiger partial charge >= 0.3 is 0 Å². The molecule has 0 saturated heterocycles. The van der Waals surface area contributed by atoms with Crippen molar-refractivity contribution in [2.24, 2.45) is 0 Å². The summed E-state index contributed by atoms with van der Waals surface area (Å²) in [5.41, 5.74) is 0.989. The van der Waals surface area contributed by atoms with Crippen molar-refractivity contribution in [3.05, 3.63) is 27.8 Å². The number of para-hydroxylation sites is 1. The van der Waals surface area contributed by atoms with E-state index in [0.29, 0.717) is 5.25 Å². The third kappa shape index (κ3) is 2.93. The van der Waals surface area contributed by atoms with Crippen molar-refractivity contribution in [3.63, 3.8) is 0 Å². The Labute approximate surface area is 107 Å². The van der Waals surface area contributed by atoms with Gasteiger partial charge in [-0.2, -0.15) is 0 Å². The summed E-state index contributed by atoms with van der Waals surface area (Å²) in [6.45, 7) is 0. The van der Waals surface area contributed by atoms with E-state index in [1.807, 2.05) is 24.3 Å². The normalized spacial score (nSPS) is 19.0. The molecule has 1 aromatic rings. The fourth-order valence-corrected chi connectivity index (χ4v) is 3.87. The summed E-state index contributed by atoms with van der Waals surface area (Å²) in [6, 6.07) is 7.96. The molecular weight excluding hydrogens is 321 g/mol. The molecule has 2 nitrogen and oxygen atoms in total. The number of hydrogen-bond donors (Lipinski definition) is 1. The Kier molecular flexibility index (Phi) is 4.02. The van der Waals surface area contributed by atoms with Gasteiger partial charge in [-0.25, -0.2) is 4.21 Å². The molecule has 0 spiro atoms. The number of rotatable bonds is 3. The lowest BCUT2D eigenvalue weighted by Crippen LogP contribution is -2.18. The van der Waals surface area contributed by atoms with Crippen LogP contribution in [0.15, 0.2) is 24.3 Å². The van der Waals surface area contributed by atoms with Crippen molar-refractivity contribution in [2.75, 3.05) is 4.72 Å². The quantitative estimate of drug-likeness (QED) is 0.844. The van der Waals surface area contributed by atoms with E-state index in [0.717, 1.165) is 22.1 Å². The van der Waals surface area contributed by atoms with Crippen LogP contribution in [0.1, 0.15) is 25.7 Å². The minimum atomic E-state index is -0.911. The average Bonchev–Trinajstić information content (AvgIpc) is 2.74. The molecule has 1 aliphatic carbocycles. The van der Waals surface area contributed by atoms with Crippen molar-refractivity contribution < 1.29 is 4.21 Å². The van der Waals surface area contributed by atoms with Gasteiger partial charge in [0.05, 0.1) is 10.9 Å². The third-order valence-corrected chi connectivity index (χ3v) is 5.13. The molecule has 1 unspecified atom stereocenters. The van der Waals surface area contributed by atoms with Gasteiger partial charge in [-0.05, 0) is 47.6 Å². The van der Waals surface area contributed by atoms with Gasteiger partial charge in [-0.15, -0.1) is 0 Å². The van der Waals surface area contributed by atoms with Crippen molar-refractivity contribution in [3.8, 4) is 0 Å². The van der Waals surface area contributed by atoms with Crippen LogP contribution in [0.4, 0.5) is 5.69 Å². The zero-order valence-corrected chi connectivity index (χ0v) is 11.4. The highest BCUT2D eigenvalue weighted by Gasteiger charge is 2.21. The lowest BCUT2D eigenvalue weighted by Gasteiger charge is -2.12. The summed E-state index contributed by atoms with van der Waals surface area (Å²) in [4.78, 5) is 0. The van der Waals surface area contributed by atoms with Crippen LogP contribution in [-0.4, -0.2) is 9.46 Å². The van der Waals surface area contributed by atoms with Gasteiger partial charge in [0.25, 0.3) is 0 Å². The molecule has 82 valence electrons. The monoisotopic (exact) mass is 335 g/mol. The van der Waals surface area contributed by atoms with E-state index in [4.69, 9.17) is 0 Å². The Morgan fingerprint density at radius 2 is 1.93 bits per heavy atom. The topological polar surface area (TPSA) is 29.1 Å². The van der Waals surface area contributed by atoms with E-state index < -0.39 is 11.0 Å². The SMILES string of the molecule is O=S(Nc1ccccc1I)C1CCCC1. The van der Waals surface area contributed by atoms with Gasteiger partial charge < -0.3 is 4.72 Å². The molecule has 4 heteroatoms. The van der Waals surface area contributed by atoms with E-state index in [1.54, 1.807) is 0 Å². The molecule has 1 aromatic carbocycles. The zero-order valence-electron chi connectivity index (χ0n) is 8.41. The summed E-state index contributed by atoms with van der Waals surface area (Å²) in [5.74, 6) is 0. The smallest absolute Gasteiger partial charge is 0.120 e. The average molecular weight is 335 g/mol. The van der Waals surface area contributed by atoms with Crippen molar-refractivity contribution in [1.82, 2.24) is 0 Å². The Balaban J connectivity index is 2.02. The lowest BCUT2D eigenvalue weighted by molar-refractivity contribution is 0.673. The van der Waals surface area contributed by atoms with Crippen LogP contribution < -0.4 is 4.72 Å². The lowest BCUT2D eigenvalue weighted by atomic mass is 10.3. The first-order valence-electron chi connectivity index (χ1n) is 5.19. The van der Waals surface area contributed by atoms with E-state index in [1.165, 1.54) is 12.8 Å². The van der Waals surface area contributed by atoms with E-state index >= 15 is 0 Å². The van der Waals surface area contributed by atoms with E-state index in [2.05, 4.69) is 27.3 Å². The van der Waals surface area contributed by atoms with Crippen LogP contribution in [0.25, 0.3) is 0 Å². The fourth-order valence-electron chi connectivity index (χ4n) is 1.84. The van der Waals surface area contributed by atoms with Crippen LogP contribution >= 0.6 is 22.6 Å². The molecule has 2 rings (SSSR count). The highest BCUT2D eigenvalue weighted by atomic mass is 127. The van der Waals surface area contributed by atoms with E-state index in [-0.39, 0.29) is 0 Å². The van der Waals surface area contributed by atoms with Crippen molar-refractivity contribution >= 4 is 39.3 Å². The second-order valence-electron chi connectivity index (χ2n) is 3.79. The minimum absolute atomic E-state index is 0.348. The van der Waals surface area contributed by atoms with Crippen LogP contribution in [0.2, 0.25) is 0 Å². The summed E-state index contributed by atoms with van der Waals surface area (Å²) >= 11 is 2.26. The van der Waals surface area contributed by atoms with Gasteiger partial charge in [-0.1, -0.05) is 25.0 Å². The molecule has 1 atom stereocenters. The Bertz CT molecular complexity index is 363. The maximum Gasteiger partial charge on any atom is 0.120 e. The maximum atomic E-state index is 12.0. The summed E-state index contributed by atoms with van der Waals surface area (Å²) in [7, 11) is -0.911. The molecule has 0 amide bonds. The Morgan fingerprint density at radius 3 is 2.60 bits per heavy atom. The van der Waals surface area contributed by atoms with Gasteiger partial charge in [-0.3, -0.25) is 0 Å². The molecule has 15 heavy (non-hydrogen) atoms. The van der Waals surface area contributed by atoms with Gasteiger partial charge in [0.15, 0.2) is 0 Å². The highest BCUT2D eigenvalue weighted by Crippen LogP contribution is 2.25. The molecule has 0 bridgehead atoms. The minimum Gasteiger partial charge on any atom is -0.304 e. The molecule has 0 heterocycles. The molecule has 1 saturated carbocycles. The van der Waals surface area contributed by atoms with Crippen LogP contribution in [0.5, 0.6) is 0 Å². The summed E-state index contributed by atoms with van der Waals surface area (Å²) < 4.78 is 16.2. The number of halogens is 1. The molecule has 1 fully saturated rings.